The van der Waals surface area contributed by atoms with Crippen LogP contribution >= 0.6 is 0 Å². The molecule has 4 aromatic rings. The second kappa shape index (κ2) is 12.9. The molecule has 8 rings (SSSR count). The average molecular weight is 743 g/mol. The highest BCUT2D eigenvalue weighted by molar-refractivity contribution is 6.03. The summed E-state index contributed by atoms with van der Waals surface area (Å²) in [5.41, 5.74) is 2.14. The molecule has 4 atom stereocenters. The predicted molar refractivity (Wildman–Crippen MR) is 183 cm³/mol. The van der Waals surface area contributed by atoms with E-state index in [-0.39, 0.29) is 71.8 Å². The van der Waals surface area contributed by atoms with Crippen molar-refractivity contribution in [3.05, 3.63) is 47.7 Å². The number of halogens is 4. The first-order chi connectivity index (χ1) is 25.2. The van der Waals surface area contributed by atoms with E-state index < -0.39 is 70.7 Å². The molecule has 2 saturated carbocycles. The zero-order chi connectivity index (χ0) is 38.2. The molecule has 17 heteroatoms. The van der Waals surface area contributed by atoms with Gasteiger partial charge in [0.25, 0.3) is 0 Å². The maximum absolute atomic E-state index is 17.0. The summed E-state index contributed by atoms with van der Waals surface area (Å²) in [6.45, 7) is 0.860. The third kappa shape index (κ3) is 5.38. The Kier molecular flexibility index (Phi) is 8.97. The number of anilines is 2. The summed E-state index contributed by atoms with van der Waals surface area (Å²) in [6.07, 6.45) is 5.91. The van der Waals surface area contributed by atoms with Crippen molar-refractivity contribution in [2.75, 3.05) is 50.7 Å². The van der Waals surface area contributed by atoms with Crippen molar-refractivity contribution in [3.63, 3.8) is 0 Å². The molecule has 2 unspecified atom stereocenters. The number of hydrogen-bond acceptors (Lipinski definition) is 13. The molecule has 2 aliphatic heterocycles. The standard InChI is InChI=1S/C35H35F3N6O7.CH3F/c1-3-19-23(36)6-5-17-11-18(39)12-20(24(17)19)27-26(38)28-21(13-40-27)30(43-9-10-50-14-22-25(37)29(22)43)42-31(41-28)51-35(48,49)33(16-45)32(7-8-32)15-34(46,47)44(33)4-2;1-2/h1,5-6,11-13,22,25,29,45-49H,4,7-10,14-16,39H2,2H3;1H3/t22?,25-,29?,33+;/m0./s1. The lowest BCUT2D eigenvalue weighted by Crippen LogP contribution is -2.72. The summed E-state index contributed by atoms with van der Waals surface area (Å²) in [4.78, 5) is 15.6. The summed E-state index contributed by atoms with van der Waals surface area (Å²) in [5, 5.41) is 56.6. The van der Waals surface area contributed by atoms with Crippen LogP contribution < -0.4 is 15.4 Å². The van der Waals surface area contributed by atoms with Gasteiger partial charge in [0.1, 0.15) is 34.6 Å². The number of hydrogen-bond donors (Lipinski definition) is 6. The van der Waals surface area contributed by atoms with Crippen molar-refractivity contribution in [2.45, 2.75) is 55.8 Å². The number of ether oxygens (including phenoxy) is 2. The number of nitrogens with zero attached hydrogens (tertiary/aromatic N) is 5. The number of likely N-dealkylation sites (tertiary alicyclic amines) is 1. The van der Waals surface area contributed by atoms with Crippen LogP contribution in [0.4, 0.5) is 29.1 Å². The molecule has 13 nitrogen and oxygen atoms in total. The summed E-state index contributed by atoms with van der Waals surface area (Å²) < 4.78 is 67.8. The molecule has 2 saturated heterocycles. The Hall–Kier alpha value is -4.41. The van der Waals surface area contributed by atoms with Crippen LogP contribution in [0.25, 0.3) is 32.9 Å². The lowest BCUT2D eigenvalue weighted by Gasteiger charge is -2.48. The van der Waals surface area contributed by atoms with Gasteiger partial charge in [0.2, 0.25) is 5.91 Å². The maximum atomic E-state index is 17.0. The van der Waals surface area contributed by atoms with Gasteiger partial charge in [-0.05, 0) is 36.4 Å². The molecule has 2 aromatic heterocycles. The molecule has 4 fully saturated rings. The van der Waals surface area contributed by atoms with Crippen LogP contribution in [0.2, 0.25) is 0 Å². The van der Waals surface area contributed by atoms with Gasteiger partial charge < -0.3 is 45.6 Å². The van der Waals surface area contributed by atoms with Crippen LogP contribution in [0.15, 0.2) is 30.5 Å². The minimum atomic E-state index is -3.38. The van der Waals surface area contributed by atoms with Crippen molar-refractivity contribution in [3.8, 4) is 29.6 Å². The van der Waals surface area contributed by atoms with Gasteiger partial charge in [0.05, 0.1) is 44.0 Å². The highest BCUT2D eigenvalue weighted by atomic mass is 19.1. The van der Waals surface area contributed by atoms with Crippen molar-refractivity contribution >= 4 is 33.2 Å². The molecule has 53 heavy (non-hydrogen) atoms. The van der Waals surface area contributed by atoms with Crippen molar-refractivity contribution in [2.24, 2.45) is 11.3 Å². The second-order valence-electron chi connectivity index (χ2n) is 13.8. The van der Waals surface area contributed by atoms with E-state index in [1.54, 1.807) is 11.0 Å². The van der Waals surface area contributed by atoms with Crippen LogP contribution in [0.1, 0.15) is 31.7 Å². The van der Waals surface area contributed by atoms with Crippen LogP contribution in [0.3, 0.4) is 0 Å². The fourth-order valence-corrected chi connectivity index (χ4v) is 8.59. The normalized spacial score (nSPS) is 25.8. The molecular formula is C36H38F4N6O7. The van der Waals surface area contributed by atoms with E-state index in [1.807, 2.05) is 0 Å². The molecule has 4 heterocycles. The topological polar surface area (TPSA) is 191 Å². The molecule has 7 N–H and O–H groups in total. The number of terminal acetylenes is 1. The summed E-state index contributed by atoms with van der Waals surface area (Å²) >= 11 is 0. The SMILES string of the molecule is C#Cc1c(F)ccc2cc(N)cc(-c3ncc4c(N5CCOCC6C5[C@H]6F)nc(OC(O)(O)[C@]5(CO)N(CC)C(O)(O)CC56CC6)nc4c3F)c12.CF. The average Bonchev–Trinajstić information content (AvgIpc) is 4.03. The lowest BCUT2D eigenvalue weighted by atomic mass is 9.79. The molecule has 1 spiro atoms. The lowest BCUT2D eigenvalue weighted by molar-refractivity contribution is -0.390. The van der Waals surface area contributed by atoms with Gasteiger partial charge in [-0.1, -0.05) is 18.9 Å². The molecule has 0 bridgehead atoms. The number of nitrogen functional groups attached to an aromatic ring is 1. The maximum Gasteiger partial charge on any atom is 0.347 e. The Labute approximate surface area is 300 Å². The zero-order valence-electron chi connectivity index (χ0n) is 28.7. The number of pyridine rings is 1. The number of nitrogens with two attached hydrogens (primary N) is 1. The van der Waals surface area contributed by atoms with Crippen molar-refractivity contribution in [1.82, 2.24) is 19.9 Å². The predicted octanol–water partition coefficient (Wildman–Crippen LogP) is 2.34. The minimum absolute atomic E-state index is 0.0118. The van der Waals surface area contributed by atoms with E-state index in [1.165, 1.54) is 31.3 Å². The van der Waals surface area contributed by atoms with Gasteiger partial charge >= 0.3 is 12.0 Å². The molecule has 2 aromatic carbocycles. The molecule has 0 amide bonds. The monoisotopic (exact) mass is 742 g/mol. The van der Waals surface area contributed by atoms with Gasteiger partial charge in [-0.25, -0.2) is 18.1 Å². The Balaban J connectivity index is 0.00000214. The van der Waals surface area contributed by atoms with Gasteiger partial charge in [-0.3, -0.25) is 9.37 Å². The number of alkyl halides is 2. The molecule has 282 valence electrons. The Bertz CT molecular complexity index is 2150. The van der Waals surface area contributed by atoms with Crippen LogP contribution in [-0.4, -0.2) is 115 Å². The highest BCUT2D eigenvalue weighted by Gasteiger charge is 2.80. The van der Waals surface area contributed by atoms with Crippen LogP contribution in [0, 0.1) is 35.3 Å². The van der Waals surface area contributed by atoms with E-state index >= 15 is 8.78 Å². The molecule has 4 aliphatic rings. The van der Waals surface area contributed by atoms with E-state index in [4.69, 9.17) is 21.6 Å². The van der Waals surface area contributed by atoms with E-state index in [0.29, 0.717) is 25.4 Å². The number of aliphatic hydroxyl groups is 5. The number of rotatable bonds is 7. The summed E-state index contributed by atoms with van der Waals surface area (Å²) in [6, 6.07) is 4.06. The Morgan fingerprint density at radius 1 is 1.17 bits per heavy atom. The second-order valence-corrected chi connectivity index (χ2v) is 13.8. The summed E-state index contributed by atoms with van der Waals surface area (Å²) in [5.74, 6) is -5.94. The summed E-state index contributed by atoms with van der Waals surface area (Å²) in [7, 11) is 0.500. The van der Waals surface area contributed by atoms with Crippen LogP contribution in [-0.2, 0) is 4.74 Å². The fraction of sp³-hybridized carbons (Fsp3) is 0.472. The number of aromatic nitrogens is 3. The third-order valence-corrected chi connectivity index (χ3v) is 11.1. The van der Waals surface area contributed by atoms with Crippen molar-refractivity contribution < 1.29 is 52.6 Å². The van der Waals surface area contributed by atoms with Gasteiger partial charge in [0, 0.05) is 53.7 Å². The number of aliphatic hydroxyl groups excluding tert-OH is 1. The van der Waals surface area contributed by atoms with Gasteiger partial charge in [-0.2, -0.15) is 9.97 Å². The van der Waals surface area contributed by atoms with E-state index in [2.05, 4.69) is 20.9 Å². The quantitative estimate of drug-likeness (QED) is 0.0701. The van der Waals surface area contributed by atoms with E-state index in [9.17, 15) is 34.3 Å². The molecule has 2 aliphatic carbocycles. The first-order valence-electron chi connectivity index (χ1n) is 16.9. The number of likely N-dealkylation sites (N-methyl/N-ethyl adjacent to an activating group) is 1. The Morgan fingerprint density at radius 2 is 1.91 bits per heavy atom. The molecule has 0 radical (unpaired) electrons. The number of benzene rings is 2. The fourth-order valence-electron chi connectivity index (χ4n) is 8.59. The highest BCUT2D eigenvalue weighted by Crippen LogP contribution is 2.68. The van der Waals surface area contributed by atoms with Gasteiger partial charge in [0.15, 0.2) is 5.82 Å². The smallest absolute Gasteiger partial charge is 0.347 e. The first-order valence-corrected chi connectivity index (χ1v) is 16.9. The van der Waals surface area contributed by atoms with E-state index in [0.717, 1.165) is 4.90 Å². The first kappa shape index (κ1) is 36.9. The minimum Gasteiger partial charge on any atom is -0.404 e. The molecular weight excluding hydrogens is 704 g/mol. The number of fused-ring (bicyclic) bond motifs is 3. The zero-order valence-corrected chi connectivity index (χ0v) is 28.7. The Morgan fingerprint density at radius 3 is 2.57 bits per heavy atom. The van der Waals surface area contributed by atoms with Crippen molar-refractivity contribution in [1.29, 1.82) is 0 Å². The van der Waals surface area contributed by atoms with Gasteiger partial charge in [-0.15, -0.1) is 6.42 Å². The largest absolute Gasteiger partial charge is 0.404 e. The van der Waals surface area contributed by atoms with Crippen LogP contribution in [0.5, 0.6) is 6.01 Å². The third-order valence-electron chi connectivity index (χ3n) is 11.1.